The van der Waals surface area contributed by atoms with Crippen molar-refractivity contribution >= 4 is 29.9 Å². The number of guanidine groups is 1. The van der Waals surface area contributed by atoms with Crippen molar-refractivity contribution in [1.82, 2.24) is 10.3 Å². The van der Waals surface area contributed by atoms with Crippen LogP contribution in [0, 0.1) is 5.92 Å². The summed E-state index contributed by atoms with van der Waals surface area (Å²) in [5.41, 5.74) is 7.98. The number of aromatic nitrogens is 1. The van der Waals surface area contributed by atoms with Gasteiger partial charge in [0.15, 0.2) is 5.96 Å². The molecular weight excluding hydrogens is 427 g/mol. The highest BCUT2D eigenvalue weighted by Crippen LogP contribution is 2.25. The molecule has 0 saturated heterocycles. The molecule has 134 valence electrons. The van der Waals surface area contributed by atoms with Gasteiger partial charge in [-0.2, -0.15) is 0 Å². The predicted molar refractivity (Wildman–Crippen MR) is 111 cm³/mol. The Balaban J connectivity index is 0.00000225. The first-order valence-corrected chi connectivity index (χ1v) is 8.45. The van der Waals surface area contributed by atoms with Crippen molar-refractivity contribution in [2.75, 3.05) is 6.54 Å². The first-order chi connectivity index (χ1) is 11.8. The van der Waals surface area contributed by atoms with Gasteiger partial charge in [-0.3, -0.25) is 0 Å². The highest BCUT2D eigenvalue weighted by molar-refractivity contribution is 14.0. The molecule has 6 heteroatoms. The largest absolute Gasteiger partial charge is 0.473 e. The highest BCUT2D eigenvalue weighted by Gasteiger charge is 2.16. The van der Waals surface area contributed by atoms with Crippen molar-refractivity contribution in [2.45, 2.75) is 32.4 Å². The lowest BCUT2D eigenvalue weighted by molar-refractivity contribution is 0.290. The van der Waals surface area contributed by atoms with Gasteiger partial charge in [-0.05, 0) is 30.4 Å². The molecule has 0 bridgehead atoms. The minimum atomic E-state index is 0. The first-order valence-electron chi connectivity index (χ1n) is 8.45. The lowest BCUT2D eigenvalue weighted by atomic mass is 9.85. The van der Waals surface area contributed by atoms with E-state index < -0.39 is 0 Å². The molecule has 5 nitrogen and oxygen atoms in total. The Labute approximate surface area is 166 Å². The molecule has 2 aromatic rings. The van der Waals surface area contributed by atoms with Crippen LogP contribution in [0.15, 0.2) is 53.7 Å². The summed E-state index contributed by atoms with van der Waals surface area (Å²) in [4.78, 5) is 8.72. The number of halogens is 1. The van der Waals surface area contributed by atoms with E-state index in [2.05, 4.69) is 15.3 Å². The zero-order valence-electron chi connectivity index (χ0n) is 14.2. The van der Waals surface area contributed by atoms with Crippen LogP contribution in [0.4, 0.5) is 0 Å². The number of pyridine rings is 1. The van der Waals surface area contributed by atoms with Gasteiger partial charge in [-0.15, -0.1) is 24.0 Å². The fraction of sp³-hybridized carbons (Fsp3) is 0.368. The molecule has 0 atom stereocenters. The molecule has 1 aliphatic rings. The number of benzene rings is 1. The van der Waals surface area contributed by atoms with E-state index in [9.17, 15) is 0 Å². The highest BCUT2D eigenvalue weighted by atomic mass is 127. The summed E-state index contributed by atoms with van der Waals surface area (Å²) in [5.74, 6) is 1.85. The van der Waals surface area contributed by atoms with Crippen LogP contribution in [0.25, 0.3) is 0 Å². The number of rotatable bonds is 7. The van der Waals surface area contributed by atoms with Gasteiger partial charge < -0.3 is 15.8 Å². The molecule has 3 N–H and O–H groups in total. The molecule has 1 fully saturated rings. The van der Waals surface area contributed by atoms with Crippen LogP contribution in [0.3, 0.4) is 0 Å². The normalized spacial score (nSPS) is 14.3. The van der Waals surface area contributed by atoms with Crippen LogP contribution >= 0.6 is 24.0 Å². The predicted octanol–water partition coefficient (Wildman–Crippen LogP) is 3.48. The molecule has 3 rings (SSSR count). The molecule has 25 heavy (non-hydrogen) atoms. The molecule has 1 aromatic carbocycles. The number of aliphatic imine (C=N–C) groups is 1. The standard InChI is InChI=1S/C19H24N4O.HI/c20-19(22-12-15-8-4-9-15)23-13-17-10-5-11-21-18(17)24-14-16-6-2-1-3-7-16;/h1-3,5-7,10-11,15H,4,8-9,12-14H2,(H3,20,22,23);1H. The molecule has 1 heterocycles. The second-order valence-electron chi connectivity index (χ2n) is 6.12. The van der Waals surface area contributed by atoms with Crippen molar-refractivity contribution < 1.29 is 4.74 Å². The topological polar surface area (TPSA) is 72.5 Å². The summed E-state index contributed by atoms with van der Waals surface area (Å²) >= 11 is 0. The Morgan fingerprint density at radius 2 is 2.00 bits per heavy atom. The number of hydrogen-bond donors (Lipinski definition) is 2. The summed E-state index contributed by atoms with van der Waals surface area (Å²) < 4.78 is 5.84. The van der Waals surface area contributed by atoms with Gasteiger partial charge >= 0.3 is 0 Å². The van der Waals surface area contributed by atoms with Crippen molar-refractivity contribution in [3.05, 3.63) is 59.8 Å². The summed E-state index contributed by atoms with van der Waals surface area (Å²) in [6, 6.07) is 13.9. The lowest BCUT2D eigenvalue weighted by Crippen LogP contribution is -2.37. The molecule has 0 unspecified atom stereocenters. The number of ether oxygens (including phenoxy) is 1. The Morgan fingerprint density at radius 3 is 2.72 bits per heavy atom. The molecule has 1 aliphatic carbocycles. The smallest absolute Gasteiger partial charge is 0.218 e. The maximum Gasteiger partial charge on any atom is 0.218 e. The van der Waals surface area contributed by atoms with Gasteiger partial charge in [0.05, 0.1) is 6.54 Å². The monoisotopic (exact) mass is 452 g/mol. The lowest BCUT2D eigenvalue weighted by Gasteiger charge is -2.25. The zero-order valence-corrected chi connectivity index (χ0v) is 16.6. The maximum atomic E-state index is 5.94. The second kappa shape index (κ2) is 10.2. The third kappa shape index (κ3) is 6.19. The second-order valence-corrected chi connectivity index (χ2v) is 6.12. The van der Waals surface area contributed by atoms with Crippen LogP contribution in [0.5, 0.6) is 5.88 Å². The fourth-order valence-electron chi connectivity index (χ4n) is 2.57. The molecule has 1 aromatic heterocycles. The van der Waals surface area contributed by atoms with E-state index in [4.69, 9.17) is 10.5 Å². The number of nitrogens with zero attached hydrogens (tertiary/aromatic N) is 2. The van der Waals surface area contributed by atoms with E-state index in [1.54, 1.807) is 6.20 Å². The molecule has 1 saturated carbocycles. The SMILES string of the molecule is I.NC(=NCc1cccnc1OCc1ccccc1)NCC1CCC1. The number of nitrogens with two attached hydrogens (primary N) is 1. The van der Waals surface area contributed by atoms with Crippen molar-refractivity contribution in [1.29, 1.82) is 0 Å². The third-order valence-electron chi connectivity index (χ3n) is 4.28. The van der Waals surface area contributed by atoms with Gasteiger partial charge in [0.1, 0.15) is 6.61 Å². The number of nitrogens with one attached hydrogen (secondary N) is 1. The quantitative estimate of drug-likeness (QED) is 0.384. The van der Waals surface area contributed by atoms with E-state index in [-0.39, 0.29) is 24.0 Å². The van der Waals surface area contributed by atoms with Crippen molar-refractivity contribution in [2.24, 2.45) is 16.6 Å². The summed E-state index contributed by atoms with van der Waals surface area (Å²) in [6.45, 7) is 1.87. The van der Waals surface area contributed by atoms with E-state index in [0.717, 1.165) is 23.6 Å². The van der Waals surface area contributed by atoms with Crippen molar-refractivity contribution in [3.8, 4) is 5.88 Å². The van der Waals surface area contributed by atoms with Crippen LogP contribution in [0.2, 0.25) is 0 Å². The average Bonchev–Trinajstić information content (AvgIpc) is 2.58. The third-order valence-corrected chi connectivity index (χ3v) is 4.28. The van der Waals surface area contributed by atoms with Crippen LogP contribution in [0.1, 0.15) is 30.4 Å². The average molecular weight is 452 g/mol. The van der Waals surface area contributed by atoms with Crippen LogP contribution in [-0.2, 0) is 13.2 Å². The summed E-state index contributed by atoms with van der Waals surface area (Å²) in [6.07, 6.45) is 5.65. The van der Waals surface area contributed by atoms with Crippen LogP contribution in [-0.4, -0.2) is 17.5 Å². The molecule has 0 amide bonds. The summed E-state index contributed by atoms with van der Waals surface area (Å²) in [5, 5.41) is 3.20. The summed E-state index contributed by atoms with van der Waals surface area (Å²) in [7, 11) is 0. The van der Waals surface area contributed by atoms with Gasteiger partial charge in [0, 0.05) is 18.3 Å². The zero-order chi connectivity index (χ0) is 16.6. The Hall–Kier alpha value is -1.83. The molecular formula is C19H25IN4O. The Bertz CT molecular complexity index is 674. The molecule has 0 aliphatic heterocycles. The Kier molecular flexibility index (Phi) is 7.97. The minimum Gasteiger partial charge on any atom is -0.473 e. The van der Waals surface area contributed by atoms with Gasteiger partial charge in [-0.1, -0.05) is 42.8 Å². The van der Waals surface area contributed by atoms with Crippen molar-refractivity contribution in [3.63, 3.8) is 0 Å². The van der Waals surface area contributed by atoms with Gasteiger partial charge in [0.25, 0.3) is 0 Å². The minimum absolute atomic E-state index is 0. The van der Waals surface area contributed by atoms with Gasteiger partial charge in [-0.25, -0.2) is 9.98 Å². The van der Waals surface area contributed by atoms with E-state index in [1.807, 2.05) is 42.5 Å². The van der Waals surface area contributed by atoms with E-state index in [0.29, 0.717) is 25.0 Å². The van der Waals surface area contributed by atoms with Gasteiger partial charge in [0.2, 0.25) is 5.88 Å². The van der Waals surface area contributed by atoms with Crippen LogP contribution < -0.4 is 15.8 Å². The molecule has 0 spiro atoms. The maximum absolute atomic E-state index is 5.94. The molecule has 0 radical (unpaired) electrons. The van der Waals surface area contributed by atoms with E-state index >= 15 is 0 Å². The Morgan fingerprint density at radius 1 is 1.20 bits per heavy atom. The first kappa shape index (κ1) is 19.5. The van der Waals surface area contributed by atoms with E-state index in [1.165, 1.54) is 19.3 Å². The fourth-order valence-corrected chi connectivity index (χ4v) is 2.57. The number of hydrogen-bond acceptors (Lipinski definition) is 3.